The molecule has 1 heterocycles. The maximum absolute atomic E-state index is 11.8. The van der Waals surface area contributed by atoms with Crippen molar-refractivity contribution in [2.75, 3.05) is 7.11 Å². The lowest BCUT2D eigenvalue weighted by Gasteiger charge is -2.10. The molecule has 3 rings (SSSR count). The summed E-state index contributed by atoms with van der Waals surface area (Å²) in [5.74, 6) is -0.556. The first-order valence-electron chi connectivity index (χ1n) is 7.12. The third kappa shape index (κ3) is 2.97. The first kappa shape index (κ1) is 16.0. The minimum absolute atomic E-state index is 0.0300. The highest BCUT2D eigenvalue weighted by atomic mass is 16.5. The van der Waals surface area contributed by atoms with Gasteiger partial charge in [-0.1, -0.05) is 6.07 Å². The van der Waals surface area contributed by atoms with Gasteiger partial charge in [0.2, 0.25) is 5.91 Å². The fourth-order valence-corrected chi connectivity index (χ4v) is 2.49. The van der Waals surface area contributed by atoms with Crippen molar-refractivity contribution < 1.29 is 28.7 Å². The van der Waals surface area contributed by atoms with Crippen molar-refractivity contribution in [1.29, 1.82) is 0 Å². The van der Waals surface area contributed by atoms with Crippen LogP contribution in [0.15, 0.2) is 36.4 Å². The molecule has 0 unspecified atom stereocenters. The van der Waals surface area contributed by atoms with E-state index >= 15 is 0 Å². The molecule has 0 radical (unpaired) electrons. The van der Waals surface area contributed by atoms with Crippen molar-refractivity contribution in [2.24, 2.45) is 5.73 Å². The van der Waals surface area contributed by atoms with Crippen molar-refractivity contribution in [1.82, 2.24) is 0 Å². The lowest BCUT2D eigenvalue weighted by Crippen LogP contribution is -2.27. The Hall–Kier alpha value is -2.84. The molecule has 2 aromatic rings. The van der Waals surface area contributed by atoms with Gasteiger partial charge < -0.3 is 24.9 Å². The molecule has 0 atom stereocenters. The number of benzene rings is 2. The van der Waals surface area contributed by atoms with Gasteiger partial charge in [-0.3, -0.25) is 4.79 Å². The molecule has 0 bridgehead atoms. The number of hydrogen-bond donors (Lipinski definition) is 2. The number of nitrogens with two attached hydrogens (primary N) is 1. The lowest BCUT2D eigenvalue weighted by atomic mass is 9.80. The average molecular weight is 327 g/mol. The monoisotopic (exact) mass is 327 g/mol. The van der Waals surface area contributed by atoms with E-state index in [1.54, 1.807) is 18.2 Å². The normalized spacial score (nSPS) is 12.7. The first-order chi connectivity index (χ1) is 11.5. The summed E-state index contributed by atoms with van der Waals surface area (Å²) in [5, 5.41) is 9.61. The highest BCUT2D eigenvalue weighted by Crippen LogP contribution is 2.26. The van der Waals surface area contributed by atoms with Gasteiger partial charge in [-0.25, -0.2) is 4.79 Å². The Labute approximate surface area is 138 Å². The van der Waals surface area contributed by atoms with Gasteiger partial charge in [0.05, 0.1) is 24.8 Å². The Morgan fingerprint density at radius 1 is 1.17 bits per heavy atom. The molecule has 0 aromatic heterocycles. The van der Waals surface area contributed by atoms with Crippen molar-refractivity contribution >= 4 is 24.5 Å². The van der Waals surface area contributed by atoms with Crippen LogP contribution < -0.4 is 15.9 Å². The highest BCUT2D eigenvalue weighted by molar-refractivity contribution is 6.61. The van der Waals surface area contributed by atoms with Crippen LogP contribution in [0.1, 0.15) is 26.3 Å². The van der Waals surface area contributed by atoms with Gasteiger partial charge in [0.1, 0.15) is 11.5 Å². The number of rotatable bonds is 4. The molecule has 2 aromatic carbocycles. The predicted molar refractivity (Wildman–Crippen MR) is 85.2 cm³/mol. The van der Waals surface area contributed by atoms with Crippen LogP contribution in [-0.4, -0.2) is 31.1 Å². The molecule has 0 spiro atoms. The summed E-state index contributed by atoms with van der Waals surface area (Å²) in [7, 11) is 0.293. The minimum atomic E-state index is -0.921. The third-order valence-corrected chi connectivity index (χ3v) is 3.67. The van der Waals surface area contributed by atoms with Gasteiger partial charge in [-0.05, 0) is 41.4 Å². The maximum Gasteiger partial charge on any atom is 0.491 e. The van der Waals surface area contributed by atoms with Crippen LogP contribution in [0, 0.1) is 0 Å². The number of carbonyl (C=O) groups excluding carboxylic acids is 2. The van der Waals surface area contributed by atoms with Gasteiger partial charge >= 0.3 is 13.1 Å². The first-order valence-corrected chi connectivity index (χ1v) is 7.12. The van der Waals surface area contributed by atoms with Crippen molar-refractivity contribution in [3.63, 3.8) is 0 Å². The summed E-state index contributed by atoms with van der Waals surface area (Å²) < 4.78 is 15.5. The molecule has 0 fully saturated rings. The number of methoxy groups -OCH3 is 1. The minimum Gasteiger partial charge on any atom is -0.465 e. The van der Waals surface area contributed by atoms with E-state index < -0.39 is 19.0 Å². The molecule has 3 N–H and O–H groups in total. The van der Waals surface area contributed by atoms with E-state index in [1.165, 1.54) is 25.3 Å². The number of ether oxygens (including phenoxy) is 2. The zero-order valence-corrected chi connectivity index (χ0v) is 12.8. The third-order valence-electron chi connectivity index (χ3n) is 3.67. The summed E-state index contributed by atoms with van der Waals surface area (Å²) in [6.45, 7) is 0.293. The molecule has 0 saturated carbocycles. The second kappa shape index (κ2) is 6.35. The van der Waals surface area contributed by atoms with Gasteiger partial charge in [0, 0.05) is 0 Å². The Bertz CT molecular complexity index is 822. The molecule has 24 heavy (non-hydrogen) atoms. The van der Waals surface area contributed by atoms with E-state index in [9.17, 15) is 14.6 Å². The predicted octanol–water partition coefficient (Wildman–Crippen LogP) is 0.582. The fraction of sp³-hybridized carbons (Fsp3) is 0.125. The molecule has 1 aliphatic rings. The number of hydrogen-bond acceptors (Lipinski definition) is 6. The van der Waals surface area contributed by atoms with Crippen LogP contribution in [0.25, 0.3) is 0 Å². The Morgan fingerprint density at radius 2 is 1.88 bits per heavy atom. The van der Waals surface area contributed by atoms with Crippen LogP contribution in [0.5, 0.6) is 11.5 Å². The topological polar surface area (TPSA) is 108 Å². The van der Waals surface area contributed by atoms with E-state index in [-0.39, 0.29) is 11.1 Å². The number of amides is 1. The molecule has 122 valence electrons. The number of primary amides is 1. The lowest BCUT2D eigenvalue weighted by molar-refractivity contribution is 0.0596. The SMILES string of the molecule is COC(=O)c1cc(Oc2ccc3c(c2)COB3O)ccc1C(N)=O. The van der Waals surface area contributed by atoms with Crippen LogP contribution in [0.4, 0.5) is 0 Å². The van der Waals surface area contributed by atoms with Crippen molar-refractivity contribution in [3.05, 3.63) is 53.1 Å². The highest BCUT2D eigenvalue weighted by Gasteiger charge is 2.27. The standard InChI is InChI=1S/C16H14BNO6/c1-22-16(20)13-7-11(2-4-12(13)15(18)19)24-10-3-5-14-9(6-10)8-23-17(14)21/h2-7,21H,8H2,1H3,(H2,18,19). The van der Waals surface area contributed by atoms with Crippen molar-refractivity contribution in [3.8, 4) is 11.5 Å². The average Bonchev–Trinajstić information content (AvgIpc) is 2.94. The van der Waals surface area contributed by atoms with E-state index in [4.69, 9.17) is 15.1 Å². The Balaban J connectivity index is 1.90. The maximum atomic E-state index is 11.8. The molecular formula is C16H14BNO6. The molecule has 0 aliphatic carbocycles. The summed E-state index contributed by atoms with van der Waals surface area (Å²) in [4.78, 5) is 23.2. The second-order valence-electron chi connectivity index (χ2n) is 5.19. The summed E-state index contributed by atoms with van der Waals surface area (Å²) >= 11 is 0. The molecule has 7 nitrogen and oxygen atoms in total. The van der Waals surface area contributed by atoms with Crippen LogP contribution in [0.3, 0.4) is 0 Å². The number of esters is 1. The smallest absolute Gasteiger partial charge is 0.465 e. The van der Waals surface area contributed by atoms with Crippen LogP contribution in [-0.2, 0) is 16.0 Å². The van der Waals surface area contributed by atoms with Crippen LogP contribution in [0.2, 0.25) is 0 Å². The zero-order valence-electron chi connectivity index (χ0n) is 12.8. The molecule has 1 aliphatic heterocycles. The zero-order chi connectivity index (χ0) is 17.3. The van der Waals surface area contributed by atoms with Crippen molar-refractivity contribution in [2.45, 2.75) is 6.61 Å². The molecule has 0 saturated heterocycles. The largest absolute Gasteiger partial charge is 0.491 e. The molecular weight excluding hydrogens is 313 g/mol. The van der Waals surface area contributed by atoms with E-state index in [0.717, 1.165) is 5.56 Å². The van der Waals surface area contributed by atoms with E-state index in [0.29, 0.717) is 23.6 Å². The van der Waals surface area contributed by atoms with Gasteiger partial charge in [-0.2, -0.15) is 0 Å². The van der Waals surface area contributed by atoms with Crippen LogP contribution >= 0.6 is 0 Å². The van der Waals surface area contributed by atoms with Gasteiger partial charge in [-0.15, -0.1) is 0 Å². The summed E-state index contributed by atoms with van der Waals surface area (Å²) in [6, 6.07) is 9.46. The van der Waals surface area contributed by atoms with E-state index in [2.05, 4.69) is 4.74 Å². The molecule has 1 amide bonds. The van der Waals surface area contributed by atoms with E-state index in [1.807, 2.05) is 0 Å². The Kier molecular flexibility index (Phi) is 4.24. The fourth-order valence-electron chi connectivity index (χ4n) is 2.49. The molecule has 8 heteroatoms. The number of carbonyl (C=O) groups is 2. The Morgan fingerprint density at radius 3 is 2.58 bits per heavy atom. The second-order valence-corrected chi connectivity index (χ2v) is 5.19. The quantitative estimate of drug-likeness (QED) is 0.628. The summed E-state index contributed by atoms with van der Waals surface area (Å²) in [6.07, 6.45) is 0. The van der Waals surface area contributed by atoms with Gasteiger partial charge in [0.25, 0.3) is 0 Å². The number of fused-ring (bicyclic) bond motifs is 1. The van der Waals surface area contributed by atoms with Gasteiger partial charge in [0.15, 0.2) is 0 Å². The summed E-state index contributed by atoms with van der Waals surface area (Å²) in [5.41, 5.74) is 6.86.